The van der Waals surface area contributed by atoms with E-state index in [0.717, 1.165) is 12.8 Å². The normalized spacial score (nSPS) is 26.1. The zero-order valence-electron chi connectivity index (χ0n) is 9.83. The average molecular weight is 213 g/mol. The van der Waals surface area contributed by atoms with Crippen molar-refractivity contribution in [1.29, 1.82) is 0 Å². The monoisotopic (exact) mass is 213 g/mol. The molecule has 3 N–H and O–H groups in total. The Hall–Kier alpha value is -0.770. The number of amides is 2. The van der Waals surface area contributed by atoms with Crippen molar-refractivity contribution in [3.05, 3.63) is 0 Å². The van der Waals surface area contributed by atoms with Crippen LogP contribution in [0.1, 0.15) is 32.6 Å². The minimum absolute atomic E-state index is 0.0304. The largest absolute Gasteiger partial charge is 0.338 e. The number of carbonyl (C=O) groups excluding carboxylic acids is 1. The van der Waals surface area contributed by atoms with E-state index in [2.05, 4.69) is 5.32 Å². The number of rotatable bonds is 3. The topological polar surface area (TPSA) is 58.4 Å². The maximum absolute atomic E-state index is 11.7. The summed E-state index contributed by atoms with van der Waals surface area (Å²) >= 11 is 0. The van der Waals surface area contributed by atoms with Crippen molar-refractivity contribution in [2.75, 3.05) is 20.1 Å². The van der Waals surface area contributed by atoms with Gasteiger partial charge in [-0.1, -0.05) is 12.8 Å². The summed E-state index contributed by atoms with van der Waals surface area (Å²) in [6, 6.07) is 0.359. The first-order chi connectivity index (χ1) is 7.20. The predicted molar refractivity (Wildman–Crippen MR) is 61.6 cm³/mol. The van der Waals surface area contributed by atoms with E-state index in [1.165, 1.54) is 12.8 Å². The van der Waals surface area contributed by atoms with Crippen LogP contribution in [0, 0.1) is 5.92 Å². The van der Waals surface area contributed by atoms with Crippen LogP contribution in [0.15, 0.2) is 0 Å². The molecule has 1 aliphatic carbocycles. The molecule has 0 saturated heterocycles. The van der Waals surface area contributed by atoms with E-state index in [-0.39, 0.29) is 6.03 Å². The second-order valence-electron chi connectivity index (χ2n) is 4.29. The lowest BCUT2D eigenvalue weighted by Crippen LogP contribution is -2.49. The molecule has 0 aromatic rings. The Morgan fingerprint density at radius 3 is 2.73 bits per heavy atom. The molecule has 1 saturated carbocycles. The van der Waals surface area contributed by atoms with Gasteiger partial charge >= 0.3 is 6.03 Å². The van der Waals surface area contributed by atoms with Crippen molar-refractivity contribution < 1.29 is 4.79 Å². The van der Waals surface area contributed by atoms with Crippen LogP contribution in [0.2, 0.25) is 0 Å². The van der Waals surface area contributed by atoms with Gasteiger partial charge in [-0.05, 0) is 32.2 Å². The van der Waals surface area contributed by atoms with Crippen LogP contribution in [-0.2, 0) is 0 Å². The van der Waals surface area contributed by atoms with Crippen molar-refractivity contribution in [1.82, 2.24) is 10.2 Å². The summed E-state index contributed by atoms with van der Waals surface area (Å²) in [7, 11) is 1.88. The highest BCUT2D eigenvalue weighted by Crippen LogP contribution is 2.27. The Morgan fingerprint density at radius 2 is 2.13 bits per heavy atom. The molecule has 4 nitrogen and oxygen atoms in total. The molecule has 0 bridgehead atoms. The van der Waals surface area contributed by atoms with Crippen LogP contribution in [0.5, 0.6) is 0 Å². The van der Waals surface area contributed by atoms with Crippen LogP contribution in [0.25, 0.3) is 0 Å². The van der Waals surface area contributed by atoms with Gasteiger partial charge in [0.25, 0.3) is 0 Å². The van der Waals surface area contributed by atoms with Crippen LogP contribution >= 0.6 is 0 Å². The molecule has 1 aliphatic rings. The number of nitrogens with zero attached hydrogens (tertiary/aromatic N) is 1. The van der Waals surface area contributed by atoms with Crippen LogP contribution in [0.3, 0.4) is 0 Å². The molecular formula is C11H23N3O. The standard InChI is InChI=1S/C11H23N3O/c1-3-13-11(15)14(2)10-7-5-4-6-9(10)8-12/h9-10H,3-8,12H2,1-2H3,(H,13,15). The van der Waals surface area contributed by atoms with Crippen LogP contribution < -0.4 is 11.1 Å². The second kappa shape index (κ2) is 5.95. The zero-order chi connectivity index (χ0) is 11.3. The summed E-state index contributed by atoms with van der Waals surface area (Å²) in [6.45, 7) is 3.31. The molecule has 15 heavy (non-hydrogen) atoms. The maximum Gasteiger partial charge on any atom is 0.317 e. The number of nitrogens with two attached hydrogens (primary N) is 1. The molecule has 0 aromatic carbocycles. The third-order valence-corrected chi connectivity index (χ3v) is 3.32. The molecule has 0 aromatic heterocycles. The average Bonchev–Trinajstić information content (AvgIpc) is 2.28. The van der Waals surface area contributed by atoms with Gasteiger partial charge in [-0.2, -0.15) is 0 Å². The van der Waals surface area contributed by atoms with Gasteiger partial charge < -0.3 is 16.0 Å². The summed E-state index contributed by atoms with van der Waals surface area (Å²) < 4.78 is 0. The van der Waals surface area contributed by atoms with Crippen molar-refractivity contribution in [2.45, 2.75) is 38.6 Å². The SMILES string of the molecule is CCNC(=O)N(C)C1CCCCC1CN. The molecule has 0 aliphatic heterocycles. The molecule has 4 heteroatoms. The first kappa shape index (κ1) is 12.3. The van der Waals surface area contributed by atoms with Crippen LogP contribution in [0.4, 0.5) is 4.79 Å². The Kier molecular flexibility index (Phi) is 4.88. The zero-order valence-corrected chi connectivity index (χ0v) is 9.83. The van der Waals surface area contributed by atoms with Gasteiger partial charge in [-0.15, -0.1) is 0 Å². The van der Waals surface area contributed by atoms with Crippen molar-refractivity contribution >= 4 is 6.03 Å². The fraction of sp³-hybridized carbons (Fsp3) is 0.909. The first-order valence-electron chi connectivity index (χ1n) is 5.91. The first-order valence-corrected chi connectivity index (χ1v) is 5.91. The highest BCUT2D eigenvalue weighted by Gasteiger charge is 2.29. The number of urea groups is 1. The minimum Gasteiger partial charge on any atom is -0.338 e. The Balaban J connectivity index is 2.54. The van der Waals surface area contributed by atoms with E-state index in [0.29, 0.717) is 25.0 Å². The smallest absolute Gasteiger partial charge is 0.317 e. The van der Waals surface area contributed by atoms with Gasteiger partial charge in [0.1, 0.15) is 0 Å². The maximum atomic E-state index is 11.7. The minimum atomic E-state index is 0.0304. The molecule has 2 atom stereocenters. The lowest BCUT2D eigenvalue weighted by atomic mass is 9.84. The lowest BCUT2D eigenvalue weighted by molar-refractivity contribution is 0.141. The van der Waals surface area contributed by atoms with E-state index in [1.54, 1.807) is 0 Å². The molecule has 88 valence electrons. The Labute approximate surface area is 92.2 Å². The summed E-state index contributed by atoms with van der Waals surface area (Å²) in [5, 5.41) is 2.83. The molecule has 0 radical (unpaired) electrons. The summed E-state index contributed by atoms with van der Waals surface area (Å²) in [5.74, 6) is 0.478. The lowest BCUT2D eigenvalue weighted by Gasteiger charge is -2.37. The van der Waals surface area contributed by atoms with Crippen molar-refractivity contribution in [2.24, 2.45) is 11.7 Å². The summed E-state index contributed by atoms with van der Waals surface area (Å²) in [4.78, 5) is 13.5. The van der Waals surface area contributed by atoms with Crippen molar-refractivity contribution in [3.63, 3.8) is 0 Å². The summed E-state index contributed by atoms with van der Waals surface area (Å²) in [5.41, 5.74) is 5.75. The van der Waals surface area contributed by atoms with Crippen LogP contribution in [-0.4, -0.2) is 37.1 Å². The Morgan fingerprint density at radius 1 is 1.47 bits per heavy atom. The van der Waals surface area contributed by atoms with E-state index in [1.807, 2.05) is 18.9 Å². The second-order valence-corrected chi connectivity index (χ2v) is 4.29. The fourth-order valence-electron chi connectivity index (χ4n) is 2.40. The van der Waals surface area contributed by atoms with E-state index < -0.39 is 0 Å². The molecule has 1 fully saturated rings. The highest BCUT2D eigenvalue weighted by atomic mass is 16.2. The summed E-state index contributed by atoms with van der Waals surface area (Å²) in [6.07, 6.45) is 4.72. The van der Waals surface area contributed by atoms with Gasteiger partial charge in [0, 0.05) is 19.6 Å². The number of carbonyl (C=O) groups is 1. The van der Waals surface area contributed by atoms with Gasteiger partial charge in [0.05, 0.1) is 0 Å². The molecule has 1 rings (SSSR count). The van der Waals surface area contributed by atoms with Gasteiger partial charge in [0.2, 0.25) is 0 Å². The van der Waals surface area contributed by atoms with E-state index in [9.17, 15) is 4.79 Å². The van der Waals surface area contributed by atoms with E-state index >= 15 is 0 Å². The molecule has 0 spiro atoms. The number of hydrogen-bond donors (Lipinski definition) is 2. The predicted octanol–water partition coefficient (Wildman–Crippen LogP) is 1.17. The molecule has 2 unspecified atom stereocenters. The van der Waals surface area contributed by atoms with Gasteiger partial charge in [-0.25, -0.2) is 4.79 Å². The highest BCUT2D eigenvalue weighted by molar-refractivity contribution is 5.74. The van der Waals surface area contributed by atoms with Crippen molar-refractivity contribution in [3.8, 4) is 0 Å². The molecule has 0 heterocycles. The number of hydrogen-bond acceptors (Lipinski definition) is 2. The van der Waals surface area contributed by atoms with E-state index in [4.69, 9.17) is 5.73 Å². The fourth-order valence-corrected chi connectivity index (χ4v) is 2.40. The number of nitrogens with one attached hydrogen (secondary N) is 1. The van der Waals surface area contributed by atoms with Gasteiger partial charge in [0.15, 0.2) is 0 Å². The molecular weight excluding hydrogens is 190 g/mol. The van der Waals surface area contributed by atoms with Gasteiger partial charge in [-0.3, -0.25) is 0 Å². The molecule has 2 amide bonds. The third-order valence-electron chi connectivity index (χ3n) is 3.32. The Bertz CT molecular complexity index is 208. The third kappa shape index (κ3) is 3.09. The quantitative estimate of drug-likeness (QED) is 0.739.